The van der Waals surface area contributed by atoms with Crippen molar-refractivity contribution in [2.75, 3.05) is 6.61 Å². The second-order valence-corrected chi connectivity index (χ2v) is 8.08. The van der Waals surface area contributed by atoms with E-state index in [-0.39, 0.29) is 11.5 Å². The maximum absolute atomic E-state index is 12.1. The van der Waals surface area contributed by atoms with Crippen LogP contribution in [0.25, 0.3) is 0 Å². The summed E-state index contributed by atoms with van der Waals surface area (Å²) in [5.41, 5.74) is 3.71. The van der Waals surface area contributed by atoms with Crippen LogP contribution < -0.4 is 0 Å². The van der Waals surface area contributed by atoms with E-state index in [0.29, 0.717) is 0 Å². The van der Waals surface area contributed by atoms with Crippen molar-refractivity contribution in [1.82, 2.24) is 0 Å². The molecule has 0 unspecified atom stereocenters. The molecule has 2 rings (SSSR count). The zero-order valence-corrected chi connectivity index (χ0v) is 16.0. The van der Waals surface area contributed by atoms with E-state index < -0.39 is 10.1 Å². The first-order valence-electron chi connectivity index (χ1n) is 9.05. The Balaban J connectivity index is 1.71. The maximum atomic E-state index is 12.1. The summed E-state index contributed by atoms with van der Waals surface area (Å²) in [5, 5.41) is 0. The van der Waals surface area contributed by atoms with Crippen LogP contribution in [-0.4, -0.2) is 15.0 Å². The number of hydrogen-bond donors (Lipinski definition) is 0. The van der Waals surface area contributed by atoms with Crippen LogP contribution in [0.5, 0.6) is 0 Å². The molecule has 0 bridgehead atoms. The highest BCUT2D eigenvalue weighted by Crippen LogP contribution is 2.14. The van der Waals surface area contributed by atoms with Crippen molar-refractivity contribution in [1.29, 1.82) is 0 Å². The minimum atomic E-state index is -3.64. The van der Waals surface area contributed by atoms with Gasteiger partial charge in [0, 0.05) is 0 Å². The minimum absolute atomic E-state index is 0.223. The van der Waals surface area contributed by atoms with E-state index in [0.717, 1.165) is 31.2 Å². The molecule has 0 spiro atoms. The average molecular weight is 361 g/mol. The van der Waals surface area contributed by atoms with Crippen LogP contribution in [0, 0.1) is 6.92 Å². The maximum Gasteiger partial charge on any atom is 0.296 e. The first-order chi connectivity index (χ1) is 12.0. The van der Waals surface area contributed by atoms with Crippen molar-refractivity contribution in [3.63, 3.8) is 0 Å². The number of rotatable bonds is 10. The third kappa shape index (κ3) is 6.63. The Kier molecular flexibility index (Phi) is 7.66. The standard InChI is InChI=1S/C21H28O3S/c1-3-4-7-19-11-13-20(14-12-19)8-5-6-17-24-25(22,23)21-15-9-18(2)10-16-21/h9-16H,3-8,17H2,1-2H3. The summed E-state index contributed by atoms with van der Waals surface area (Å²) in [6.45, 7) is 4.36. The molecule has 0 amide bonds. The predicted octanol–water partition coefficient (Wildman–Crippen LogP) is 5.07. The second kappa shape index (κ2) is 9.73. The Bertz CT molecular complexity index is 732. The highest BCUT2D eigenvalue weighted by atomic mass is 32.2. The molecule has 0 aliphatic carbocycles. The SMILES string of the molecule is CCCCc1ccc(CCCCOS(=O)(=O)c2ccc(C)cc2)cc1. The van der Waals surface area contributed by atoms with E-state index in [1.807, 2.05) is 6.92 Å². The number of benzene rings is 2. The lowest BCUT2D eigenvalue weighted by Gasteiger charge is -2.07. The first kappa shape index (κ1) is 19.7. The van der Waals surface area contributed by atoms with Gasteiger partial charge < -0.3 is 0 Å². The van der Waals surface area contributed by atoms with Gasteiger partial charge in [-0.2, -0.15) is 8.42 Å². The molecule has 0 aliphatic rings. The van der Waals surface area contributed by atoms with Crippen LogP contribution in [0.15, 0.2) is 53.4 Å². The summed E-state index contributed by atoms with van der Waals surface area (Å²) in [7, 11) is -3.64. The zero-order valence-electron chi connectivity index (χ0n) is 15.2. The highest BCUT2D eigenvalue weighted by molar-refractivity contribution is 7.86. The van der Waals surface area contributed by atoms with Gasteiger partial charge in [-0.15, -0.1) is 0 Å². The Hall–Kier alpha value is -1.65. The summed E-state index contributed by atoms with van der Waals surface area (Å²) >= 11 is 0. The molecule has 136 valence electrons. The fourth-order valence-electron chi connectivity index (χ4n) is 2.63. The molecule has 0 N–H and O–H groups in total. The van der Waals surface area contributed by atoms with Gasteiger partial charge in [0.2, 0.25) is 0 Å². The van der Waals surface area contributed by atoms with Gasteiger partial charge in [-0.3, -0.25) is 4.18 Å². The van der Waals surface area contributed by atoms with Gasteiger partial charge in [0.25, 0.3) is 10.1 Å². The van der Waals surface area contributed by atoms with Crippen molar-refractivity contribution in [2.45, 2.75) is 57.3 Å². The normalized spacial score (nSPS) is 11.6. The van der Waals surface area contributed by atoms with Gasteiger partial charge in [0.15, 0.2) is 0 Å². The highest BCUT2D eigenvalue weighted by Gasteiger charge is 2.14. The van der Waals surface area contributed by atoms with E-state index >= 15 is 0 Å². The van der Waals surface area contributed by atoms with Gasteiger partial charge in [0.1, 0.15) is 0 Å². The molecule has 0 saturated heterocycles. The Labute approximate surface area is 152 Å². The quantitative estimate of drug-likeness (QED) is 0.439. The summed E-state index contributed by atoms with van der Waals surface area (Å²) in [5.74, 6) is 0. The molecule has 0 atom stereocenters. The third-order valence-electron chi connectivity index (χ3n) is 4.25. The molecule has 0 fully saturated rings. The predicted molar refractivity (Wildman–Crippen MR) is 102 cm³/mol. The lowest BCUT2D eigenvalue weighted by molar-refractivity contribution is 0.308. The Morgan fingerprint density at radius 2 is 1.36 bits per heavy atom. The van der Waals surface area contributed by atoms with Gasteiger partial charge in [-0.05, 0) is 62.3 Å². The zero-order chi connectivity index (χ0) is 18.1. The van der Waals surface area contributed by atoms with Gasteiger partial charge >= 0.3 is 0 Å². The monoisotopic (exact) mass is 360 g/mol. The van der Waals surface area contributed by atoms with E-state index in [1.165, 1.54) is 24.0 Å². The van der Waals surface area contributed by atoms with E-state index in [4.69, 9.17) is 4.18 Å². The molecule has 0 aromatic heterocycles. The molecule has 0 heterocycles. The summed E-state index contributed by atoms with van der Waals surface area (Å²) in [6.07, 6.45) is 6.17. The van der Waals surface area contributed by atoms with Crippen molar-refractivity contribution in [3.8, 4) is 0 Å². The molecule has 25 heavy (non-hydrogen) atoms. The summed E-state index contributed by atoms with van der Waals surface area (Å²) in [4.78, 5) is 0.223. The van der Waals surface area contributed by atoms with Crippen molar-refractivity contribution < 1.29 is 12.6 Å². The van der Waals surface area contributed by atoms with Crippen LogP contribution in [0.4, 0.5) is 0 Å². The molecule has 4 heteroatoms. The van der Waals surface area contributed by atoms with Gasteiger partial charge in [-0.1, -0.05) is 55.3 Å². The number of unbranched alkanes of at least 4 members (excludes halogenated alkanes) is 2. The lowest BCUT2D eigenvalue weighted by atomic mass is 10.0. The van der Waals surface area contributed by atoms with Crippen molar-refractivity contribution in [2.24, 2.45) is 0 Å². The van der Waals surface area contributed by atoms with Gasteiger partial charge in [0.05, 0.1) is 11.5 Å². The van der Waals surface area contributed by atoms with E-state index in [1.54, 1.807) is 24.3 Å². The molecule has 0 saturated carbocycles. The van der Waals surface area contributed by atoms with Crippen molar-refractivity contribution >= 4 is 10.1 Å². The van der Waals surface area contributed by atoms with Crippen LogP contribution in [0.1, 0.15) is 49.3 Å². The van der Waals surface area contributed by atoms with Crippen LogP contribution in [0.2, 0.25) is 0 Å². The summed E-state index contributed by atoms with van der Waals surface area (Å²) < 4.78 is 29.3. The molecule has 0 aliphatic heterocycles. The average Bonchev–Trinajstić information content (AvgIpc) is 2.61. The third-order valence-corrected chi connectivity index (χ3v) is 5.58. The fourth-order valence-corrected chi connectivity index (χ4v) is 3.57. The lowest BCUT2D eigenvalue weighted by Crippen LogP contribution is -2.07. The summed E-state index contributed by atoms with van der Waals surface area (Å²) in [6, 6.07) is 15.5. The molecular formula is C21H28O3S. The van der Waals surface area contributed by atoms with E-state index in [2.05, 4.69) is 31.2 Å². The van der Waals surface area contributed by atoms with Crippen LogP contribution in [-0.2, 0) is 27.1 Å². The number of hydrogen-bond acceptors (Lipinski definition) is 3. The van der Waals surface area contributed by atoms with E-state index in [9.17, 15) is 8.42 Å². The minimum Gasteiger partial charge on any atom is -0.266 e. The smallest absolute Gasteiger partial charge is 0.266 e. The number of aryl methyl sites for hydroxylation is 3. The van der Waals surface area contributed by atoms with Crippen molar-refractivity contribution in [3.05, 3.63) is 65.2 Å². The van der Waals surface area contributed by atoms with Crippen LogP contribution >= 0.6 is 0 Å². The van der Waals surface area contributed by atoms with Gasteiger partial charge in [-0.25, -0.2) is 0 Å². The second-order valence-electron chi connectivity index (χ2n) is 6.47. The fraction of sp³-hybridized carbons (Fsp3) is 0.429. The Morgan fingerprint density at radius 3 is 1.92 bits per heavy atom. The molecule has 0 radical (unpaired) electrons. The molecule has 2 aromatic rings. The Morgan fingerprint density at radius 1 is 0.800 bits per heavy atom. The largest absolute Gasteiger partial charge is 0.296 e. The first-order valence-corrected chi connectivity index (χ1v) is 10.5. The molecular weight excluding hydrogens is 332 g/mol. The molecule has 3 nitrogen and oxygen atoms in total. The topological polar surface area (TPSA) is 43.4 Å². The molecule has 2 aromatic carbocycles. The van der Waals surface area contributed by atoms with Crippen LogP contribution in [0.3, 0.4) is 0 Å².